The third-order valence-corrected chi connectivity index (χ3v) is 2.37. The summed E-state index contributed by atoms with van der Waals surface area (Å²) in [5, 5.41) is 18.9. The molecule has 0 aliphatic heterocycles. The SMILES string of the molecule is O=C(O)c1cccc2cccc(C(=O)O)c12.[H-].[H-].[Li+].[Li+]. The average molecular weight is 232 g/mol. The predicted molar refractivity (Wildman–Crippen MR) is 60.1 cm³/mol. The van der Waals surface area contributed by atoms with Crippen LogP contribution < -0.4 is 37.7 Å². The van der Waals surface area contributed by atoms with Gasteiger partial charge in [-0.05, 0) is 17.5 Å². The Bertz CT molecular complexity index is 556. The Morgan fingerprint density at radius 2 is 1.22 bits per heavy atom. The molecule has 0 saturated carbocycles. The summed E-state index contributed by atoms with van der Waals surface area (Å²) in [6.45, 7) is 0. The van der Waals surface area contributed by atoms with E-state index in [4.69, 9.17) is 10.2 Å². The minimum absolute atomic E-state index is 0. The fourth-order valence-electron chi connectivity index (χ4n) is 1.70. The van der Waals surface area contributed by atoms with Crippen LogP contribution in [0.2, 0.25) is 0 Å². The number of hydrogen-bond donors (Lipinski definition) is 2. The van der Waals surface area contributed by atoms with Crippen molar-refractivity contribution in [2.75, 3.05) is 0 Å². The predicted octanol–water partition coefficient (Wildman–Crippen LogP) is -3.53. The van der Waals surface area contributed by atoms with Crippen LogP contribution in [0.1, 0.15) is 23.6 Å². The standard InChI is InChI=1S/C12H8O4.2Li.2H/c13-11(14)8-5-1-3-7-4-2-6-9(10(7)8)12(15)16;;;;/h1-6H,(H,13,14)(H,15,16);;;;/q;2*+1;2*-1. The fourth-order valence-corrected chi connectivity index (χ4v) is 1.70. The molecule has 0 heterocycles. The molecule has 6 heteroatoms. The first-order valence-electron chi connectivity index (χ1n) is 4.59. The zero-order valence-electron chi connectivity index (χ0n) is 12.2. The van der Waals surface area contributed by atoms with E-state index in [-0.39, 0.29) is 57.1 Å². The van der Waals surface area contributed by atoms with Crippen LogP contribution in [0.5, 0.6) is 0 Å². The van der Waals surface area contributed by atoms with Crippen LogP contribution in [0.15, 0.2) is 36.4 Å². The van der Waals surface area contributed by atoms with Crippen LogP contribution in [0.3, 0.4) is 0 Å². The maximum Gasteiger partial charge on any atom is 1.00 e. The van der Waals surface area contributed by atoms with Crippen molar-refractivity contribution in [3.63, 3.8) is 0 Å². The molecule has 0 unspecified atom stereocenters. The number of carboxylic acid groups (broad SMARTS) is 2. The van der Waals surface area contributed by atoms with E-state index in [1.54, 1.807) is 24.3 Å². The molecule has 0 radical (unpaired) electrons. The molecule has 2 aromatic carbocycles. The van der Waals surface area contributed by atoms with Gasteiger partial charge in [-0.2, -0.15) is 0 Å². The van der Waals surface area contributed by atoms with Crippen LogP contribution in [-0.2, 0) is 0 Å². The molecule has 84 valence electrons. The Kier molecular flexibility index (Phi) is 6.25. The maximum atomic E-state index is 11.0. The van der Waals surface area contributed by atoms with Crippen LogP contribution in [0.4, 0.5) is 0 Å². The van der Waals surface area contributed by atoms with Gasteiger partial charge in [0.1, 0.15) is 0 Å². The largest absolute Gasteiger partial charge is 1.00 e. The molecule has 0 saturated heterocycles. The summed E-state index contributed by atoms with van der Waals surface area (Å²) in [4.78, 5) is 22.0. The summed E-state index contributed by atoms with van der Waals surface area (Å²) < 4.78 is 0. The smallest absolute Gasteiger partial charge is 1.00 e. The van der Waals surface area contributed by atoms with Crippen molar-refractivity contribution in [1.29, 1.82) is 0 Å². The summed E-state index contributed by atoms with van der Waals surface area (Å²) >= 11 is 0. The maximum absolute atomic E-state index is 11.0. The van der Waals surface area contributed by atoms with Gasteiger partial charge in [-0.15, -0.1) is 0 Å². The van der Waals surface area contributed by atoms with Gasteiger partial charge in [-0.25, -0.2) is 9.59 Å². The van der Waals surface area contributed by atoms with Gasteiger partial charge in [0.2, 0.25) is 0 Å². The molecular formula is C12H10Li2O4. The number of fused-ring (bicyclic) bond motifs is 1. The first kappa shape index (κ1) is 16.8. The number of carbonyl (C=O) groups is 2. The summed E-state index contributed by atoms with van der Waals surface area (Å²) in [7, 11) is 0. The van der Waals surface area contributed by atoms with Crippen molar-refractivity contribution < 1.29 is 60.4 Å². The number of rotatable bonds is 2. The number of aromatic carboxylic acids is 2. The molecule has 0 spiro atoms. The molecule has 18 heavy (non-hydrogen) atoms. The molecule has 0 atom stereocenters. The monoisotopic (exact) mass is 232 g/mol. The van der Waals surface area contributed by atoms with Crippen molar-refractivity contribution >= 4 is 22.7 Å². The van der Waals surface area contributed by atoms with Crippen molar-refractivity contribution in [2.45, 2.75) is 0 Å². The average Bonchev–Trinajstić information content (AvgIpc) is 2.27. The third kappa shape index (κ3) is 2.99. The molecule has 2 aromatic rings. The van der Waals surface area contributed by atoms with Gasteiger partial charge in [0.25, 0.3) is 0 Å². The van der Waals surface area contributed by atoms with Gasteiger partial charge < -0.3 is 13.1 Å². The first-order valence-corrected chi connectivity index (χ1v) is 4.59. The van der Waals surface area contributed by atoms with E-state index in [2.05, 4.69) is 0 Å². The molecule has 0 aliphatic rings. The molecule has 0 aliphatic carbocycles. The van der Waals surface area contributed by atoms with Crippen LogP contribution >= 0.6 is 0 Å². The number of benzene rings is 2. The number of carboxylic acids is 2. The summed E-state index contributed by atoms with van der Waals surface area (Å²) in [5.41, 5.74) is 0.0194. The second-order valence-electron chi connectivity index (χ2n) is 3.32. The first-order chi connectivity index (χ1) is 7.61. The van der Waals surface area contributed by atoms with Gasteiger partial charge in [0.15, 0.2) is 0 Å². The second kappa shape index (κ2) is 6.68. The van der Waals surface area contributed by atoms with E-state index >= 15 is 0 Å². The minimum atomic E-state index is -1.13. The van der Waals surface area contributed by atoms with E-state index in [1.807, 2.05) is 0 Å². The van der Waals surface area contributed by atoms with Gasteiger partial charge in [0, 0.05) is 5.39 Å². The molecule has 0 aromatic heterocycles. The molecule has 0 amide bonds. The van der Waals surface area contributed by atoms with Crippen LogP contribution in [-0.4, -0.2) is 22.2 Å². The van der Waals surface area contributed by atoms with E-state index in [1.165, 1.54) is 12.1 Å². The molecule has 2 N–H and O–H groups in total. The van der Waals surface area contributed by atoms with E-state index < -0.39 is 11.9 Å². The second-order valence-corrected chi connectivity index (χ2v) is 3.32. The minimum Gasteiger partial charge on any atom is -1.00 e. The third-order valence-electron chi connectivity index (χ3n) is 2.37. The zero-order valence-corrected chi connectivity index (χ0v) is 10.2. The molecular weight excluding hydrogens is 222 g/mol. The Morgan fingerprint density at radius 3 is 1.56 bits per heavy atom. The molecule has 4 nitrogen and oxygen atoms in total. The Labute approximate surface area is 130 Å². The van der Waals surface area contributed by atoms with Gasteiger partial charge in [-0.3, -0.25) is 0 Å². The van der Waals surface area contributed by atoms with Gasteiger partial charge in [-0.1, -0.05) is 24.3 Å². The van der Waals surface area contributed by atoms with E-state index in [0.29, 0.717) is 5.39 Å². The Balaban J connectivity index is -0.000000722. The summed E-state index contributed by atoms with van der Waals surface area (Å²) in [6.07, 6.45) is 0. The Hall–Kier alpha value is -1.17. The van der Waals surface area contributed by atoms with Gasteiger partial charge in [0.05, 0.1) is 11.1 Å². The van der Waals surface area contributed by atoms with Crippen molar-refractivity contribution in [3.8, 4) is 0 Å². The van der Waals surface area contributed by atoms with Crippen LogP contribution in [0.25, 0.3) is 10.8 Å². The number of hydrogen-bond acceptors (Lipinski definition) is 2. The van der Waals surface area contributed by atoms with Crippen LogP contribution in [0, 0.1) is 0 Å². The quantitative estimate of drug-likeness (QED) is 0.526. The van der Waals surface area contributed by atoms with E-state index in [0.717, 1.165) is 0 Å². The van der Waals surface area contributed by atoms with E-state index in [9.17, 15) is 9.59 Å². The van der Waals surface area contributed by atoms with Crippen molar-refractivity contribution in [1.82, 2.24) is 0 Å². The van der Waals surface area contributed by atoms with Crippen molar-refractivity contribution in [3.05, 3.63) is 47.5 Å². The summed E-state index contributed by atoms with van der Waals surface area (Å²) in [6, 6.07) is 9.37. The fraction of sp³-hybridized carbons (Fsp3) is 0. The zero-order chi connectivity index (χ0) is 11.7. The molecule has 2 rings (SSSR count). The normalized spacial score (nSPS) is 9.11. The summed E-state index contributed by atoms with van der Waals surface area (Å²) in [5.74, 6) is -2.25. The molecule has 0 fully saturated rings. The topological polar surface area (TPSA) is 74.6 Å². The molecule has 0 bridgehead atoms. The Morgan fingerprint density at radius 1 is 0.833 bits per heavy atom. The van der Waals surface area contributed by atoms with Gasteiger partial charge >= 0.3 is 49.7 Å². The van der Waals surface area contributed by atoms with Crippen molar-refractivity contribution in [2.24, 2.45) is 0 Å².